The van der Waals surface area contributed by atoms with Gasteiger partial charge < -0.3 is 55.7 Å². The van der Waals surface area contributed by atoms with E-state index in [4.69, 9.17) is 18.9 Å². The lowest BCUT2D eigenvalue weighted by atomic mass is 10.0. The highest BCUT2D eigenvalue weighted by molar-refractivity contribution is 5.94. The van der Waals surface area contributed by atoms with Gasteiger partial charge in [-0.05, 0) is 62.2 Å². The second-order valence-corrected chi connectivity index (χ2v) is 18.5. The molecule has 0 rings (SSSR count). The van der Waals surface area contributed by atoms with Crippen LogP contribution in [-0.2, 0) is 66.9 Å². The predicted octanol–water partition coefficient (Wildman–Crippen LogP) is 1.15. The minimum absolute atomic E-state index is 0.469. The van der Waals surface area contributed by atoms with Crippen molar-refractivity contribution in [1.29, 1.82) is 0 Å². The molecule has 0 aliphatic carbocycles. The molecule has 5 amide bonds. The maximum Gasteiger partial charge on any atom is 0.329 e. The summed E-state index contributed by atoms with van der Waals surface area (Å²) >= 11 is 0. The molecule has 0 heterocycles. The van der Waals surface area contributed by atoms with E-state index >= 15 is 0 Å². The van der Waals surface area contributed by atoms with Gasteiger partial charge in [0.2, 0.25) is 5.91 Å². The summed E-state index contributed by atoms with van der Waals surface area (Å²) in [6.07, 6.45) is -7.27. The summed E-state index contributed by atoms with van der Waals surface area (Å²) in [4.78, 5) is 130. The first kappa shape index (κ1) is 59.7. The number of aliphatic hydroxyl groups is 1. The molecule has 0 radical (unpaired) electrons. The number of rotatable bonds is 26. The number of carbonyl (C=O) groups is 10. The van der Waals surface area contributed by atoms with Crippen molar-refractivity contribution in [2.75, 3.05) is 0 Å². The standard InChI is InChI=1S/C44H75N5O16/c1-18(2)28(40(56)57)45-36(52)26(16)62-41(58)29(19(3)4)48-39(55)34(24(13)14)65-44(61)32(22(9)10)47-37(53)27(17)63-42(59)30(20(5)6)49-38(54)33(23(11)12)64-43(60)31(21(7)8)46-35(51)25(15)50/h18-34,50H,1-17H3,(H,45,52)(H,46,51)(H,47,53)(H,48,55)(H,49,54)(H,56,57)/t25-,26-,27-,28-,29+,30+,31-,32-,33+,34+/m0/s1. The molecule has 65 heavy (non-hydrogen) atoms. The zero-order valence-corrected chi connectivity index (χ0v) is 40.9. The highest BCUT2D eigenvalue weighted by atomic mass is 16.6. The van der Waals surface area contributed by atoms with Gasteiger partial charge in [-0.3, -0.25) is 24.0 Å². The third-order valence-electron chi connectivity index (χ3n) is 10.0. The summed E-state index contributed by atoms with van der Waals surface area (Å²) in [7, 11) is 0. The van der Waals surface area contributed by atoms with Gasteiger partial charge in [-0.25, -0.2) is 24.0 Å². The Morgan fingerprint density at radius 3 is 0.785 bits per heavy atom. The fraction of sp³-hybridized carbons (Fsp3) is 0.773. The summed E-state index contributed by atoms with van der Waals surface area (Å²) in [6, 6.07) is -6.48. The van der Waals surface area contributed by atoms with E-state index in [1.54, 1.807) is 96.9 Å². The summed E-state index contributed by atoms with van der Waals surface area (Å²) in [5, 5.41) is 31.2. The third kappa shape index (κ3) is 19.3. The number of hydrogen-bond acceptors (Lipinski definition) is 15. The fourth-order valence-corrected chi connectivity index (χ4v) is 5.77. The van der Waals surface area contributed by atoms with Crippen LogP contribution in [0.15, 0.2) is 0 Å². The Bertz CT molecular complexity index is 1680. The van der Waals surface area contributed by atoms with Crippen LogP contribution in [0, 0.1) is 41.4 Å². The van der Waals surface area contributed by atoms with Gasteiger partial charge in [0.1, 0.15) is 36.3 Å². The summed E-state index contributed by atoms with van der Waals surface area (Å²) < 4.78 is 21.8. The Kier molecular flexibility index (Phi) is 25.0. The van der Waals surface area contributed by atoms with Crippen LogP contribution in [0.2, 0.25) is 0 Å². The van der Waals surface area contributed by atoms with Crippen LogP contribution in [0.5, 0.6) is 0 Å². The lowest BCUT2D eigenvalue weighted by molar-refractivity contribution is -0.166. The Labute approximate surface area is 382 Å². The van der Waals surface area contributed by atoms with Gasteiger partial charge in [0, 0.05) is 0 Å². The molecule has 0 aliphatic rings. The van der Waals surface area contributed by atoms with Gasteiger partial charge >= 0.3 is 29.8 Å². The van der Waals surface area contributed by atoms with Crippen molar-refractivity contribution in [1.82, 2.24) is 26.6 Å². The molecule has 0 aromatic heterocycles. The number of carboxylic acids is 1. The molecule has 0 unspecified atom stereocenters. The highest BCUT2D eigenvalue weighted by Crippen LogP contribution is 2.17. The molecular weight excluding hydrogens is 855 g/mol. The maximum absolute atomic E-state index is 13.6. The topological polar surface area (TPSA) is 308 Å². The summed E-state index contributed by atoms with van der Waals surface area (Å²) in [6.45, 7) is 26.0. The van der Waals surface area contributed by atoms with Crippen LogP contribution in [0.25, 0.3) is 0 Å². The Morgan fingerprint density at radius 2 is 0.554 bits per heavy atom. The largest absolute Gasteiger partial charge is 0.480 e. The average molecular weight is 930 g/mol. The molecule has 0 bridgehead atoms. The molecule has 0 aromatic rings. The quantitative estimate of drug-likeness (QED) is 0.0473. The molecule has 0 saturated heterocycles. The lowest BCUT2D eigenvalue weighted by Crippen LogP contribution is -2.55. The first-order chi connectivity index (χ1) is 29.8. The number of ether oxygens (including phenoxy) is 4. The molecule has 0 fully saturated rings. The van der Waals surface area contributed by atoms with Crippen molar-refractivity contribution >= 4 is 59.4 Å². The Balaban J connectivity index is 5.97. The van der Waals surface area contributed by atoms with Gasteiger partial charge in [0.05, 0.1) is 0 Å². The number of carbonyl (C=O) groups excluding carboxylic acids is 9. The van der Waals surface area contributed by atoms with Crippen LogP contribution in [-0.4, -0.2) is 130 Å². The maximum atomic E-state index is 13.6. The number of nitrogens with one attached hydrogen (secondary N) is 5. The Morgan fingerprint density at radius 1 is 0.323 bits per heavy atom. The molecule has 0 aromatic carbocycles. The SMILES string of the molecule is CC(C)[C@H](NC(=O)[C@H](C)OC(=O)[C@H](NC(=O)[C@H](OC(=O)[C@@H](NC(=O)[C@H](C)OC(=O)[C@H](NC(=O)[C@H](OC(=O)[C@@H](NC(=O)[C@H](C)O)C(C)C)C(C)C)C(C)C)C(C)C)C(C)C)C(C)C)C(=O)O. The number of aliphatic carboxylic acids is 1. The number of aliphatic hydroxyl groups excluding tert-OH is 1. The number of amides is 5. The van der Waals surface area contributed by atoms with Crippen LogP contribution in [0.3, 0.4) is 0 Å². The van der Waals surface area contributed by atoms with E-state index in [2.05, 4.69) is 26.6 Å². The van der Waals surface area contributed by atoms with E-state index in [0.717, 1.165) is 0 Å². The minimum atomic E-state index is -1.52. The van der Waals surface area contributed by atoms with Crippen molar-refractivity contribution < 1.29 is 77.1 Å². The first-order valence-corrected chi connectivity index (χ1v) is 22.0. The van der Waals surface area contributed by atoms with E-state index < -0.39 is 162 Å². The molecule has 0 saturated carbocycles. The lowest BCUT2D eigenvalue weighted by Gasteiger charge is -2.29. The highest BCUT2D eigenvalue weighted by Gasteiger charge is 2.39. The van der Waals surface area contributed by atoms with Crippen LogP contribution < -0.4 is 26.6 Å². The van der Waals surface area contributed by atoms with Gasteiger partial charge in [0.25, 0.3) is 23.6 Å². The molecule has 10 atom stereocenters. The van der Waals surface area contributed by atoms with E-state index in [1.807, 2.05) is 0 Å². The van der Waals surface area contributed by atoms with E-state index in [-0.39, 0.29) is 0 Å². The Hall–Kier alpha value is -5.34. The van der Waals surface area contributed by atoms with Gasteiger partial charge in [-0.1, -0.05) is 96.9 Å². The van der Waals surface area contributed by atoms with Crippen LogP contribution in [0.1, 0.15) is 118 Å². The van der Waals surface area contributed by atoms with E-state index in [1.165, 1.54) is 20.8 Å². The van der Waals surface area contributed by atoms with Crippen molar-refractivity contribution in [3.8, 4) is 0 Å². The smallest absolute Gasteiger partial charge is 0.329 e. The summed E-state index contributed by atoms with van der Waals surface area (Å²) in [5.41, 5.74) is 0. The van der Waals surface area contributed by atoms with E-state index in [9.17, 15) is 58.2 Å². The third-order valence-corrected chi connectivity index (χ3v) is 10.0. The van der Waals surface area contributed by atoms with Crippen molar-refractivity contribution in [3.05, 3.63) is 0 Å². The average Bonchev–Trinajstić information content (AvgIpc) is 3.17. The van der Waals surface area contributed by atoms with Gasteiger partial charge in [-0.2, -0.15) is 0 Å². The molecular formula is C44H75N5O16. The molecule has 0 aliphatic heterocycles. The predicted molar refractivity (Wildman–Crippen MR) is 234 cm³/mol. The fourth-order valence-electron chi connectivity index (χ4n) is 5.77. The zero-order valence-electron chi connectivity index (χ0n) is 40.9. The molecule has 21 nitrogen and oxygen atoms in total. The number of hydrogen-bond donors (Lipinski definition) is 7. The molecule has 372 valence electrons. The molecule has 0 spiro atoms. The second kappa shape index (κ2) is 27.2. The second-order valence-electron chi connectivity index (χ2n) is 18.5. The first-order valence-electron chi connectivity index (χ1n) is 22.0. The van der Waals surface area contributed by atoms with E-state index in [0.29, 0.717) is 0 Å². The molecule has 21 heteroatoms. The monoisotopic (exact) mass is 930 g/mol. The summed E-state index contributed by atoms with van der Waals surface area (Å²) in [5.74, 6) is -13.6. The van der Waals surface area contributed by atoms with Gasteiger partial charge in [-0.15, -0.1) is 0 Å². The minimum Gasteiger partial charge on any atom is -0.480 e. The van der Waals surface area contributed by atoms with Gasteiger partial charge in [0.15, 0.2) is 24.4 Å². The number of esters is 4. The van der Waals surface area contributed by atoms with Crippen LogP contribution in [0.4, 0.5) is 0 Å². The normalized spacial score (nSPS) is 16.3. The van der Waals surface area contributed by atoms with Crippen molar-refractivity contribution in [2.45, 2.75) is 178 Å². The van der Waals surface area contributed by atoms with Crippen molar-refractivity contribution in [2.24, 2.45) is 41.4 Å². The van der Waals surface area contributed by atoms with Crippen LogP contribution >= 0.6 is 0 Å². The molecule has 7 N–H and O–H groups in total. The number of carboxylic acid groups (broad SMARTS) is 1. The zero-order chi connectivity index (χ0) is 51.0. The van der Waals surface area contributed by atoms with Crippen molar-refractivity contribution in [3.63, 3.8) is 0 Å².